The molecule has 0 fully saturated rings. The molecule has 0 saturated carbocycles. The molecule has 2 nitrogen and oxygen atoms in total. The van der Waals surface area contributed by atoms with Crippen LogP contribution in [-0.2, 0) is 5.41 Å². The second-order valence-electron chi connectivity index (χ2n) is 7.20. The van der Waals surface area contributed by atoms with Crippen LogP contribution in [0.3, 0.4) is 0 Å². The highest BCUT2D eigenvalue weighted by atomic mass is 16.5. The van der Waals surface area contributed by atoms with E-state index in [4.69, 9.17) is 4.74 Å². The average molecular weight is 298 g/mol. The minimum atomic E-state index is 0.125. The predicted octanol–water partition coefficient (Wildman–Crippen LogP) is 5.72. The fourth-order valence-corrected chi connectivity index (χ4v) is 2.64. The summed E-state index contributed by atoms with van der Waals surface area (Å²) in [6.45, 7) is 14.6. The van der Waals surface area contributed by atoms with E-state index < -0.39 is 0 Å². The first-order valence-electron chi connectivity index (χ1n) is 7.69. The Hall–Kier alpha value is -1.96. The molecule has 0 amide bonds. The zero-order valence-electron chi connectivity index (χ0n) is 14.7. The van der Waals surface area contributed by atoms with Crippen molar-refractivity contribution < 1.29 is 9.84 Å². The van der Waals surface area contributed by atoms with E-state index >= 15 is 0 Å². The van der Waals surface area contributed by atoms with Crippen LogP contribution < -0.4 is 4.74 Å². The topological polar surface area (TPSA) is 29.5 Å². The molecule has 2 heteroatoms. The van der Waals surface area contributed by atoms with Gasteiger partial charge in [-0.05, 0) is 73.1 Å². The number of ether oxygens (including phenoxy) is 1. The Kier molecular flexibility index (Phi) is 4.23. The van der Waals surface area contributed by atoms with E-state index in [0.717, 1.165) is 33.8 Å². The third-order valence-electron chi connectivity index (χ3n) is 4.01. The lowest BCUT2D eigenvalue weighted by Crippen LogP contribution is -2.12. The molecule has 0 aromatic heterocycles. The summed E-state index contributed by atoms with van der Waals surface area (Å²) in [5, 5.41) is 9.88. The standard InChI is InChI=1S/C20H26O2/c1-12-10-17(11-13(2)18(12)21)22-19-14(3)8-16(9-15(19)4)20(5,6)7/h8-11,21H,1-7H3. The fourth-order valence-electron chi connectivity index (χ4n) is 2.64. The summed E-state index contributed by atoms with van der Waals surface area (Å²) >= 11 is 0. The van der Waals surface area contributed by atoms with Crippen LogP contribution in [0.5, 0.6) is 17.2 Å². The molecule has 0 radical (unpaired) electrons. The number of phenols is 1. The molecular weight excluding hydrogens is 272 g/mol. The number of hydrogen-bond acceptors (Lipinski definition) is 2. The van der Waals surface area contributed by atoms with E-state index in [1.807, 2.05) is 26.0 Å². The normalized spacial score (nSPS) is 11.6. The molecule has 118 valence electrons. The maximum absolute atomic E-state index is 9.88. The molecule has 0 bridgehead atoms. The van der Waals surface area contributed by atoms with Gasteiger partial charge in [-0.25, -0.2) is 0 Å². The van der Waals surface area contributed by atoms with Gasteiger partial charge in [0.05, 0.1) is 0 Å². The Morgan fingerprint density at radius 3 is 1.64 bits per heavy atom. The van der Waals surface area contributed by atoms with E-state index in [1.165, 1.54) is 5.56 Å². The Morgan fingerprint density at radius 1 is 0.773 bits per heavy atom. The lowest BCUT2D eigenvalue weighted by Gasteiger charge is -2.22. The number of phenolic OH excluding ortho intramolecular Hbond substituents is 1. The zero-order valence-corrected chi connectivity index (χ0v) is 14.7. The predicted molar refractivity (Wildman–Crippen MR) is 92.3 cm³/mol. The average Bonchev–Trinajstić information content (AvgIpc) is 2.38. The van der Waals surface area contributed by atoms with Crippen LogP contribution in [0.1, 0.15) is 48.6 Å². The molecule has 0 aliphatic heterocycles. The van der Waals surface area contributed by atoms with E-state index in [0.29, 0.717) is 5.75 Å². The van der Waals surface area contributed by atoms with Gasteiger partial charge in [0, 0.05) is 0 Å². The molecule has 2 aromatic rings. The molecule has 2 rings (SSSR count). The van der Waals surface area contributed by atoms with Gasteiger partial charge in [-0.15, -0.1) is 0 Å². The molecule has 1 N–H and O–H groups in total. The number of benzene rings is 2. The minimum absolute atomic E-state index is 0.125. The maximum atomic E-state index is 9.88. The molecule has 0 heterocycles. The summed E-state index contributed by atoms with van der Waals surface area (Å²) in [7, 11) is 0. The van der Waals surface area contributed by atoms with E-state index in [9.17, 15) is 5.11 Å². The van der Waals surface area contributed by atoms with Gasteiger partial charge >= 0.3 is 0 Å². The molecule has 0 aliphatic carbocycles. The third kappa shape index (κ3) is 3.27. The number of hydrogen-bond donors (Lipinski definition) is 1. The van der Waals surface area contributed by atoms with Crippen molar-refractivity contribution in [3.8, 4) is 17.2 Å². The van der Waals surface area contributed by atoms with Gasteiger partial charge in [0.15, 0.2) is 0 Å². The maximum Gasteiger partial charge on any atom is 0.133 e. The van der Waals surface area contributed by atoms with Crippen LogP contribution in [0.15, 0.2) is 24.3 Å². The van der Waals surface area contributed by atoms with Crippen LogP contribution in [0, 0.1) is 27.7 Å². The van der Waals surface area contributed by atoms with E-state index in [1.54, 1.807) is 0 Å². The molecule has 0 spiro atoms. The molecule has 0 aliphatic rings. The van der Waals surface area contributed by atoms with Gasteiger partial charge in [0.1, 0.15) is 17.2 Å². The molecule has 0 unspecified atom stereocenters. The summed E-state index contributed by atoms with van der Waals surface area (Å²) in [4.78, 5) is 0. The Bertz CT molecular complexity index is 660. The lowest BCUT2D eigenvalue weighted by molar-refractivity contribution is 0.453. The van der Waals surface area contributed by atoms with Crippen molar-refractivity contribution in [3.05, 3.63) is 52.1 Å². The third-order valence-corrected chi connectivity index (χ3v) is 4.01. The van der Waals surface area contributed by atoms with Crippen molar-refractivity contribution >= 4 is 0 Å². The van der Waals surface area contributed by atoms with Gasteiger partial charge in [-0.1, -0.05) is 32.9 Å². The van der Waals surface area contributed by atoms with Gasteiger partial charge in [0.2, 0.25) is 0 Å². The first-order valence-corrected chi connectivity index (χ1v) is 7.69. The van der Waals surface area contributed by atoms with Crippen molar-refractivity contribution in [3.63, 3.8) is 0 Å². The summed E-state index contributed by atoms with van der Waals surface area (Å²) in [6.07, 6.45) is 0. The molecule has 22 heavy (non-hydrogen) atoms. The second kappa shape index (κ2) is 5.68. The number of aromatic hydroxyl groups is 1. The van der Waals surface area contributed by atoms with Crippen LogP contribution in [0.2, 0.25) is 0 Å². The Morgan fingerprint density at radius 2 is 1.23 bits per heavy atom. The molecule has 0 saturated heterocycles. The van der Waals surface area contributed by atoms with Gasteiger partial charge in [-0.3, -0.25) is 0 Å². The molecule has 2 aromatic carbocycles. The molecular formula is C20H26O2. The quantitative estimate of drug-likeness (QED) is 0.768. The largest absolute Gasteiger partial charge is 0.507 e. The summed E-state index contributed by atoms with van der Waals surface area (Å²) < 4.78 is 6.11. The minimum Gasteiger partial charge on any atom is -0.507 e. The van der Waals surface area contributed by atoms with Crippen molar-refractivity contribution in [2.24, 2.45) is 0 Å². The van der Waals surface area contributed by atoms with E-state index in [2.05, 4.69) is 46.8 Å². The highest BCUT2D eigenvalue weighted by Gasteiger charge is 2.17. The van der Waals surface area contributed by atoms with Crippen molar-refractivity contribution in [1.29, 1.82) is 0 Å². The monoisotopic (exact) mass is 298 g/mol. The SMILES string of the molecule is Cc1cc(Oc2c(C)cc(C(C)(C)C)cc2C)cc(C)c1O. The van der Waals surface area contributed by atoms with E-state index in [-0.39, 0.29) is 5.41 Å². The molecule has 0 atom stereocenters. The van der Waals surface area contributed by atoms with Crippen LogP contribution in [-0.4, -0.2) is 5.11 Å². The van der Waals surface area contributed by atoms with Gasteiger partial charge in [-0.2, -0.15) is 0 Å². The van der Waals surface area contributed by atoms with Crippen LogP contribution in [0.25, 0.3) is 0 Å². The van der Waals surface area contributed by atoms with Crippen molar-refractivity contribution in [2.45, 2.75) is 53.9 Å². The van der Waals surface area contributed by atoms with Crippen LogP contribution in [0.4, 0.5) is 0 Å². The summed E-state index contributed by atoms with van der Waals surface area (Å²) in [5.41, 5.74) is 5.36. The number of rotatable bonds is 2. The first kappa shape index (κ1) is 16.4. The summed E-state index contributed by atoms with van der Waals surface area (Å²) in [5.74, 6) is 2.00. The van der Waals surface area contributed by atoms with Crippen molar-refractivity contribution in [2.75, 3.05) is 0 Å². The second-order valence-corrected chi connectivity index (χ2v) is 7.20. The lowest BCUT2D eigenvalue weighted by atomic mass is 9.85. The summed E-state index contributed by atoms with van der Waals surface area (Å²) in [6, 6.07) is 8.14. The van der Waals surface area contributed by atoms with Crippen LogP contribution >= 0.6 is 0 Å². The first-order chi connectivity index (χ1) is 10.1. The van der Waals surface area contributed by atoms with Gasteiger partial charge in [0.25, 0.3) is 0 Å². The highest BCUT2D eigenvalue weighted by molar-refractivity contribution is 5.50. The Balaban J connectivity index is 2.43. The number of aryl methyl sites for hydroxylation is 4. The smallest absolute Gasteiger partial charge is 0.133 e. The zero-order chi connectivity index (χ0) is 16.7. The van der Waals surface area contributed by atoms with Gasteiger partial charge < -0.3 is 9.84 Å². The highest BCUT2D eigenvalue weighted by Crippen LogP contribution is 2.35. The van der Waals surface area contributed by atoms with Crippen molar-refractivity contribution in [1.82, 2.24) is 0 Å². The fraction of sp³-hybridized carbons (Fsp3) is 0.400. The Labute approximate surface area is 133 Å².